The maximum atomic E-state index is 5.98. The van der Waals surface area contributed by atoms with Crippen molar-refractivity contribution < 1.29 is 0 Å². The second-order valence-electron chi connectivity index (χ2n) is 4.25. The molecule has 0 aromatic heterocycles. The fourth-order valence-corrected chi connectivity index (χ4v) is 2.92. The van der Waals surface area contributed by atoms with Crippen LogP contribution >= 0.6 is 11.8 Å². The molecule has 0 aliphatic heterocycles. The second-order valence-corrected chi connectivity index (χ2v) is 5.36. The Morgan fingerprint density at radius 1 is 1.06 bits per heavy atom. The quantitative estimate of drug-likeness (QED) is 0.875. The minimum atomic E-state index is 0.0727. The van der Waals surface area contributed by atoms with E-state index in [1.54, 1.807) is 11.8 Å². The van der Waals surface area contributed by atoms with Crippen LogP contribution in [-0.4, -0.2) is 0 Å². The number of aryl methyl sites for hydroxylation is 1. The minimum absolute atomic E-state index is 0.0727. The predicted octanol–water partition coefficient (Wildman–Crippen LogP) is 4.17. The van der Waals surface area contributed by atoms with E-state index >= 15 is 0 Å². The van der Waals surface area contributed by atoms with Crippen LogP contribution in [0.3, 0.4) is 0 Å². The summed E-state index contributed by atoms with van der Waals surface area (Å²) < 4.78 is 0. The van der Waals surface area contributed by atoms with Gasteiger partial charge in [-0.15, -0.1) is 0 Å². The fraction of sp³-hybridized carbons (Fsp3) is 0.200. The van der Waals surface area contributed by atoms with Crippen molar-refractivity contribution in [1.29, 1.82) is 0 Å². The van der Waals surface area contributed by atoms with E-state index in [-0.39, 0.29) is 6.04 Å². The van der Waals surface area contributed by atoms with Crippen LogP contribution in [0.2, 0.25) is 0 Å². The Morgan fingerprint density at radius 3 is 2.53 bits per heavy atom. The number of nitrogens with two attached hydrogens (primary N) is 1. The molecule has 0 spiro atoms. The molecule has 0 heterocycles. The molecule has 2 aromatic rings. The summed E-state index contributed by atoms with van der Waals surface area (Å²) in [5.74, 6) is 0. The van der Waals surface area contributed by atoms with E-state index in [2.05, 4.69) is 49.4 Å². The third-order valence-corrected chi connectivity index (χ3v) is 3.71. The highest BCUT2D eigenvalue weighted by molar-refractivity contribution is 7.99. The molecule has 17 heavy (non-hydrogen) atoms. The zero-order valence-corrected chi connectivity index (χ0v) is 11.0. The van der Waals surface area contributed by atoms with Crippen molar-refractivity contribution in [3.63, 3.8) is 0 Å². The lowest BCUT2D eigenvalue weighted by molar-refractivity contribution is 0.797. The second kappa shape index (κ2) is 5.39. The van der Waals surface area contributed by atoms with Gasteiger partial charge in [0.2, 0.25) is 0 Å². The van der Waals surface area contributed by atoms with E-state index in [0.29, 0.717) is 0 Å². The van der Waals surface area contributed by atoms with Crippen LogP contribution in [0.25, 0.3) is 0 Å². The third-order valence-electron chi connectivity index (χ3n) is 2.63. The van der Waals surface area contributed by atoms with Gasteiger partial charge < -0.3 is 5.73 Å². The molecule has 1 nitrogen and oxygen atoms in total. The minimum Gasteiger partial charge on any atom is -0.324 e. The number of hydrogen-bond donors (Lipinski definition) is 1. The zero-order chi connectivity index (χ0) is 12.3. The molecular weight excluding hydrogens is 226 g/mol. The molecule has 2 N–H and O–H groups in total. The Balaban J connectivity index is 2.30. The standard InChI is InChI=1S/C15H17NS/c1-11-6-5-7-13(10-11)17-15-9-4-3-8-14(15)12(2)16/h3-10,12H,16H2,1-2H3. The molecule has 1 atom stereocenters. The summed E-state index contributed by atoms with van der Waals surface area (Å²) in [6, 6.07) is 16.9. The third kappa shape index (κ3) is 3.11. The van der Waals surface area contributed by atoms with E-state index in [9.17, 15) is 0 Å². The van der Waals surface area contributed by atoms with Gasteiger partial charge >= 0.3 is 0 Å². The lowest BCUT2D eigenvalue weighted by Gasteiger charge is -2.12. The Morgan fingerprint density at radius 2 is 1.82 bits per heavy atom. The van der Waals surface area contributed by atoms with E-state index in [1.807, 2.05) is 13.0 Å². The van der Waals surface area contributed by atoms with Gasteiger partial charge in [-0.05, 0) is 37.6 Å². The first-order valence-electron chi connectivity index (χ1n) is 5.76. The summed E-state index contributed by atoms with van der Waals surface area (Å²) in [6.45, 7) is 4.14. The van der Waals surface area contributed by atoms with Crippen molar-refractivity contribution in [3.05, 3.63) is 59.7 Å². The average molecular weight is 243 g/mol. The largest absolute Gasteiger partial charge is 0.324 e. The highest BCUT2D eigenvalue weighted by Gasteiger charge is 2.07. The van der Waals surface area contributed by atoms with Crippen LogP contribution in [0.1, 0.15) is 24.1 Å². The maximum Gasteiger partial charge on any atom is 0.0277 e. The van der Waals surface area contributed by atoms with Crippen LogP contribution in [-0.2, 0) is 0 Å². The first-order chi connectivity index (χ1) is 8.16. The first-order valence-corrected chi connectivity index (χ1v) is 6.57. The average Bonchev–Trinajstić information content (AvgIpc) is 2.29. The Labute approximate surface area is 107 Å². The van der Waals surface area contributed by atoms with Crippen molar-refractivity contribution in [2.45, 2.75) is 29.7 Å². The first kappa shape index (κ1) is 12.2. The highest BCUT2D eigenvalue weighted by Crippen LogP contribution is 2.32. The van der Waals surface area contributed by atoms with Crippen LogP contribution in [0.5, 0.6) is 0 Å². The maximum absolute atomic E-state index is 5.98. The van der Waals surface area contributed by atoms with Crippen LogP contribution in [0, 0.1) is 6.92 Å². The Hall–Kier alpha value is -1.25. The topological polar surface area (TPSA) is 26.0 Å². The van der Waals surface area contributed by atoms with Crippen molar-refractivity contribution >= 4 is 11.8 Å². The molecule has 1 unspecified atom stereocenters. The zero-order valence-electron chi connectivity index (χ0n) is 10.2. The van der Waals surface area contributed by atoms with Crippen LogP contribution in [0.15, 0.2) is 58.3 Å². The van der Waals surface area contributed by atoms with Gasteiger partial charge in [0.25, 0.3) is 0 Å². The molecular formula is C15H17NS. The van der Waals surface area contributed by atoms with Crippen molar-refractivity contribution in [1.82, 2.24) is 0 Å². The number of hydrogen-bond acceptors (Lipinski definition) is 2. The van der Waals surface area contributed by atoms with Gasteiger partial charge in [0, 0.05) is 15.8 Å². The molecule has 0 bridgehead atoms. The Kier molecular flexibility index (Phi) is 3.87. The van der Waals surface area contributed by atoms with E-state index in [4.69, 9.17) is 5.73 Å². The summed E-state index contributed by atoms with van der Waals surface area (Å²) in [4.78, 5) is 2.51. The fourth-order valence-electron chi connectivity index (χ4n) is 1.76. The summed E-state index contributed by atoms with van der Waals surface area (Å²) in [5, 5.41) is 0. The summed E-state index contributed by atoms with van der Waals surface area (Å²) in [7, 11) is 0. The van der Waals surface area contributed by atoms with E-state index < -0.39 is 0 Å². The molecule has 0 aliphatic rings. The lowest BCUT2D eigenvalue weighted by atomic mass is 10.1. The summed E-state index contributed by atoms with van der Waals surface area (Å²) in [5.41, 5.74) is 8.48. The van der Waals surface area contributed by atoms with Gasteiger partial charge in [0.05, 0.1) is 0 Å². The lowest BCUT2D eigenvalue weighted by Crippen LogP contribution is -2.05. The van der Waals surface area contributed by atoms with Crippen molar-refractivity contribution in [2.24, 2.45) is 5.73 Å². The molecule has 0 fully saturated rings. The van der Waals surface area contributed by atoms with Crippen molar-refractivity contribution in [3.8, 4) is 0 Å². The van der Waals surface area contributed by atoms with Gasteiger partial charge in [-0.1, -0.05) is 47.7 Å². The molecule has 0 radical (unpaired) electrons. The predicted molar refractivity (Wildman–Crippen MR) is 74.3 cm³/mol. The molecule has 0 aliphatic carbocycles. The smallest absolute Gasteiger partial charge is 0.0277 e. The highest BCUT2D eigenvalue weighted by atomic mass is 32.2. The number of benzene rings is 2. The molecule has 2 aromatic carbocycles. The van der Waals surface area contributed by atoms with Crippen LogP contribution in [0.4, 0.5) is 0 Å². The monoisotopic (exact) mass is 243 g/mol. The van der Waals surface area contributed by atoms with Gasteiger partial charge in [0.15, 0.2) is 0 Å². The van der Waals surface area contributed by atoms with Gasteiger partial charge in [0.1, 0.15) is 0 Å². The van der Waals surface area contributed by atoms with Gasteiger partial charge in [-0.25, -0.2) is 0 Å². The number of rotatable bonds is 3. The Bertz CT molecular complexity index is 506. The molecule has 0 saturated heterocycles. The molecule has 2 rings (SSSR count). The summed E-state index contributed by atoms with van der Waals surface area (Å²) in [6.07, 6.45) is 0. The van der Waals surface area contributed by atoms with Gasteiger partial charge in [-0.3, -0.25) is 0 Å². The molecule has 0 saturated carbocycles. The van der Waals surface area contributed by atoms with Gasteiger partial charge in [-0.2, -0.15) is 0 Å². The molecule has 88 valence electrons. The summed E-state index contributed by atoms with van der Waals surface area (Å²) >= 11 is 1.78. The SMILES string of the molecule is Cc1cccc(Sc2ccccc2C(C)N)c1. The molecule has 0 amide bonds. The van der Waals surface area contributed by atoms with Crippen molar-refractivity contribution in [2.75, 3.05) is 0 Å². The van der Waals surface area contributed by atoms with E-state index in [0.717, 1.165) is 0 Å². The van der Waals surface area contributed by atoms with Crippen LogP contribution < -0.4 is 5.73 Å². The normalized spacial score (nSPS) is 12.4. The molecule has 2 heteroatoms. The van der Waals surface area contributed by atoms with E-state index in [1.165, 1.54) is 20.9 Å².